The van der Waals surface area contributed by atoms with Crippen LogP contribution in [0, 0.1) is 0 Å². The Morgan fingerprint density at radius 1 is 1.27 bits per heavy atom. The largest absolute Gasteiger partial charge is 0.483 e. The van der Waals surface area contributed by atoms with Crippen LogP contribution in [0.15, 0.2) is 18.7 Å². The topological polar surface area (TPSA) is 103 Å². The van der Waals surface area contributed by atoms with E-state index in [4.69, 9.17) is 19.8 Å². The second kappa shape index (κ2) is 15.7. The second-order valence-electron chi connectivity index (χ2n) is 0.971. The molecule has 0 bridgehead atoms. The molecule has 0 unspecified atom stereocenters. The molecule has 0 aromatic carbocycles. The molecule has 0 saturated carbocycles. The summed E-state index contributed by atoms with van der Waals surface area (Å²) in [6.45, 7) is -0.500. The summed E-state index contributed by atoms with van der Waals surface area (Å²) in [6.07, 6.45) is 5.08. The second-order valence-corrected chi connectivity index (χ2v) is 0.971. The summed E-state index contributed by atoms with van der Waals surface area (Å²) in [4.78, 5) is 23.1. The number of hydrogen-bond acceptors (Lipinski definition) is 3. The van der Waals surface area contributed by atoms with E-state index in [1.165, 1.54) is 0 Å². The van der Waals surface area contributed by atoms with Crippen LogP contribution in [0.3, 0.4) is 0 Å². The van der Waals surface area contributed by atoms with Crippen molar-refractivity contribution in [3.8, 4) is 0 Å². The maximum absolute atomic E-state index is 8.36. The highest BCUT2D eigenvalue weighted by Gasteiger charge is 1.56. The first-order chi connectivity index (χ1) is 5.33. The van der Waals surface area contributed by atoms with Gasteiger partial charge in [-0.25, -0.2) is 4.98 Å². The predicted molar refractivity (Wildman–Crippen MR) is 36.0 cm³/mol. The van der Waals surface area contributed by atoms with Crippen LogP contribution in [0.1, 0.15) is 0 Å². The number of carboxylic acid groups (broad SMARTS) is 2. The Balaban J connectivity index is 0. The van der Waals surface area contributed by atoms with Gasteiger partial charge in [-0.05, 0) is 0 Å². The summed E-state index contributed by atoms with van der Waals surface area (Å²) in [6, 6.07) is 0. The van der Waals surface area contributed by atoms with E-state index in [1.54, 1.807) is 18.7 Å². The van der Waals surface area contributed by atoms with Crippen molar-refractivity contribution in [2.45, 2.75) is 0 Å². The standard InChI is InChI=1S/C3H4N2.2CH2O2/c1-2-5-3-4-1;2*2-1-3/h1-3H,(H,4,5);2*1H,(H,2,3). The maximum atomic E-state index is 8.36. The highest BCUT2D eigenvalue weighted by molar-refractivity contribution is 5.32. The van der Waals surface area contributed by atoms with Crippen molar-refractivity contribution in [1.29, 1.82) is 0 Å². The van der Waals surface area contributed by atoms with E-state index in [-0.39, 0.29) is 12.9 Å². The number of aromatic nitrogens is 2. The molecule has 11 heavy (non-hydrogen) atoms. The molecule has 6 nitrogen and oxygen atoms in total. The molecule has 1 heterocycles. The lowest BCUT2D eigenvalue weighted by Gasteiger charge is -1.46. The molecular formula is C5H8N2O4. The van der Waals surface area contributed by atoms with Gasteiger partial charge in [0, 0.05) is 12.4 Å². The minimum absolute atomic E-state index is 0.250. The van der Waals surface area contributed by atoms with E-state index >= 15 is 0 Å². The van der Waals surface area contributed by atoms with Crippen molar-refractivity contribution >= 4 is 12.9 Å². The molecule has 0 aliphatic carbocycles. The summed E-state index contributed by atoms with van der Waals surface area (Å²) in [5.74, 6) is 0. The molecule has 0 spiro atoms. The molecule has 1 rings (SSSR count). The first-order valence-electron chi connectivity index (χ1n) is 2.41. The average Bonchev–Trinajstić information content (AvgIpc) is 2.44. The summed E-state index contributed by atoms with van der Waals surface area (Å²) in [5.41, 5.74) is 0. The number of carbonyl (C=O) groups is 2. The van der Waals surface area contributed by atoms with E-state index < -0.39 is 0 Å². The number of aromatic amines is 1. The molecule has 3 N–H and O–H groups in total. The lowest BCUT2D eigenvalue weighted by atomic mass is 11.0. The van der Waals surface area contributed by atoms with Gasteiger partial charge in [0.2, 0.25) is 0 Å². The minimum Gasteiger partial charge on any atom is -0.483 e. The van der Waals surface area contributed by atoms with Gasteiger partial charge in [-0.15, -0.1) is 0 Å². The van der Waals surface area contributed by atoms with Crippen LogP contribution >= 0.6 is 0 Å². The molecule has 1 aromatic rings. The monoisotopic (exact) mass is 160 g/mol. The number of nitrogens with one attached hydrogen (secondary N) is 1. The van der Waals surface area contributed by atoms with Gasteiger partial charge in [-0.3, -0.25) is 9.59 Å². The number of nitrogens with zero attached hydrogens (tertiary/aromatic N) is 1. The van der Waals surface area contributed by atoms with Crippen molar-refractivity contribution in [2.75, 3.05) is 0 Å². The fourth-order valence-electron chi connectivity index (χ4n) is 0.215. The fourth-order valence-corrected chi connectivity index (χ4v) is 0.215. The molecular weight excluding hydrogens is 152 g/mol. The normalized spacial score (nSPS) is 5.82. The van der Waals surface area contributed by atoms with Crippen LogP contribution < -0.4 is 0 Å². The van der Waals surface area contributed by atoms with Crippen LogP contribution in [0.5, 0.6) is 0 Å². The van der Waals surface area contributed by atoms with Gasteiger partial charge >= 0.3 is 0 Å². The highest BCUT2D eigenvalue weighted by atomic mass is 16.3. The maximum Gasteiger partial charge on any atom is 0.290 e. The van der Waals surface area contributed by atoms with E-state index in [1.807, 2.05) is 0 Å². The van der Waals surface area contributed by atoms with Gasteiger partial charge in [0.25, 0.3) is 12.9 Å². The summed E-state index contributed by atoms with van der Waals surface area (Å²) >= 11 is 0. The smallest absolute Gasteiger partial charge is 0.290 e. The summed E-state index contributed by atoms with van der Waals surface area (Å²) in [7, 11) is 0. The number of imidazole rings is 1. The first-order valence-corrected chi connectivity index (χ1v) is 2.41. The molecule has 0 fully saturated rings. The molecule has 0 aliphatic heterocycles. The lowest BCUT2D eigenvalue weighted by molar-refractivity contribution is -0.123. The summed E-state index contributed by atoms with van der Waals surface area (Å²) in [5, 5.41) is 13.8. The number of H-pyrrole nitrogens is 1. The number of hydrogen-bond donors (Lipinski definition) is 3. The minimum atomic E-state index is -0.250. The van der Waals surface area contributed by atoms with Crippen LogP contribution in [-0.4, -0.2) is 33.1 Å². The molecule has 0 amide bonds. The zero-order valence-electron chi connectivity index (χ0n) is 5.54. The van der Waals surface area contributed by atoms with Gasteiger partial charge < -0.3 is 15.2 Å². The van der Waals surface area contributed by atoms with Gasteiger partial charge in [0.1, 0.15) is 0 Å². The van der Waals surface area contributed by atoms with Crippen LogP contribution in [0.4, 0.5) is 0 Å². The molecule has 0 aliphatic rings. The molecule has 62 valence electrons. The Kier molecular flexibility index (Phi) is 17.0. The van der Waals surface area contributed by atoms with Crippen molar-refractivity contribution < 1.29 is 19.8 Å². The first kappa shape index (κ1) is 11.9. The van der Waals surface area contributed by atoms with Gasteiger partial charge in [-0.1, -0.05) is 0 Å². The molecule has 1 aromatic heterocycles. The third-order valence-corrected chi connectivity index (χ3v) is 0.406. The quantitative estimate of drug-likeness (QED) is 0.456. The van der Waals surface area contributed by atoms with Crippen molar-refractivity contribution in [2.24, 2.45) is 0 Å². The molecule has 0 saturated heterocycles. The average molecular weight is 160 g/mol. The zero-order chi connectivity index (χ0) is 8.95. The SMILES string of the molecule is O=CO.O=CO.c1c[nH]cn1. The van der Waals surface area contributed by atoms with E-state index in [0.717, 1.165) is 0 Å². The van der Waals surface area contributed by atoms with Crippen LogP contribution in [0.2, 0.25) is 0 Å². The summed E-state index contributed by atoms with van der Waals surface area (Å²) < 4.78 is 0. The van der Waals surface area contributed by atoms with Crippen molar-refractivity contribution in [3.63, 3.8) is 0 Å². The molecule has 0 atom stereocenters. The third kappa shape index (κ3) is 31.1. The Morgan fingerprint density at radius 3 is 1.82 bits per heavy atom. The van der Waals surface area contributed by atoms with Gasteiger partial charge in [0.05, 0.1) is 6.33 Å². The predicted octanol–water partition coefficient (Wildman–Crippen LogP) is -0.189. The Labute approximate surface area is 62.5 Å². The van der Waals surface area contributed by atoms with Gasteiger partial charge in [0.15, 0.2) is 0 Å². The Hall–Kier alpha value is -1.85. The van der Waals surface area contributed by atoms with E-state index in [0.29, 0.717) is 0 Å². The molecule has 0 radical (unpaired) electrons. The zero-order valence-corrected chi connectivity index (χ0v) is 5.54. The van der Waals surface area contributed by atoms with Gasteiger partial charge in [-0.2, -0.15) is 0 Å². The Morgan fingerprint density at radius 2 is 1.73 bits per heavy atom. The lowest BCUT2D eigenvalue weighted by Crippen LogP contribution is -1.49. The van der Waals surface area contributed by atoms with Crippen LogP contribution in [-0.2, 0) is 9.59 Å². The van der Waals surface area contributed by atoms with Crippen molar-refractivity contribution in [1.82, 2.24) is 9.97 Å². The Bertz CT molecular complexity index is 128. The molecule has 6 heteroatoms. The van der Waals surface area contributed by atoms with Crippen molar-refractivity contribution in [3.05, 3.63) is 18.7 Å². The number of rotatable bonds is 0. The van der Waals surface area contributed by atoms with E-state index in [9.17, 15) is 0 Å². The fraction of sp³-hybridized carbons (Fsp3) is 0. The third-order valence-electron chi connectivity index (χ3n) is 0.406. The van der Waals surface area contributed by atoms with E-state index in [2.05, 4.69) is 9.97 Å². The highest BCUT2D eigenvalue weighted by Crippen LogP contribution is 1.62. The van der Waals surface area contributed by atoms with Crippen LogP contribution in [0.25, 0.3) is 0 Å².